The summed E-state index contributed by atoms with van der Waals surface area (Å²) in [5, 5.41) is 0. The smallest absolute Gasteiger partial charge is 0.207 e. The van der Waals surface area contributed by atoms with Crippen molar-refractivity contribution in [3.63, 3.8) is 0 Å². The highest BCUT2D eigenvalue weighted by Gasteiger charge is 2.23. The van der Waals surface area contributed by atoms with E-state index >= 15 is 0 Å². The third-order valence-electron chi connectivity index (χ3n) is 4.06. The predicted octanol–water partition coefficient (Wildman–Crippen LogP) is 6.38. The quantitative estimate of drug-likeness (QED) is 0.383. The van der Waals surface area contributed by atoms with E-state index in [-0.39, 0.29) is 5.78 Å². The molecule has 0 fully saturated rings. The van der Waals surface area contributed by atoms with Crippen molar-refractivity contribution in [2.45, 2.75) is 6.10 Å². The van der Waals surface area contributed by atoms with Gasteiger partial charge in [0.15, 0.2) is 6.10 Å². The molecule has 4 rings (SSSR count). The lowest BCUT2D eigenvalue weighted by molar-refractivity contribution is 0.0792. The Morgan fingerprint density at radius 2 is 0.929 bits per heavy atom. The van der Waals surface area contributed by atoms with Crippen LogP contribution < -0.4 is 4.74 Å². The van der Waals surface area contributed by atoms with Gasteiger partial charge in [-0.05, 0) is 12.1 Å². The van der Waals surface area contributed by atoms with Crippen LogP contribution in [-0.4, -0.2) is 5.78 Å². The lowest BCUT2D eigenvalue weighted by Gasteiger charge is -2.18. The van der Waals surface area contributed by atoms with Gasteiger partial charge in [0, 0.05) is 11.1 Å². The molecule has 0 aliphatic carbocycles. The maximum Gasteiger partial charge on any atom is 0.207 e. The lowest BCUT2D eigenvalue weighted by Crippen LogP contribution is -2.19. The molecular formula is C26H22O2. The molecule has 0 saturated heterocycles. The summed E-state index contributed by atoms with van der Waals surface area (Å²) in [6, 6.07) is 40.2. The van der Waals surface area contributed by atoms with Gasteiger partial charge in [-0.15, -0.1) is 0 Å². The highest BCUT2D eigenvalue weighted by Crippen LogP contribution is 2.25. The molecule has 0 aliphatic rings. The molecule has 0 radical (unpaired) electrons. The summed E-state index contributed by atoms with van der Waals surface area (Å²) >= 11 is 0. The molecule has 4 aromatic carbocycles. The highest BCUT2D eigenvalue weighted by molar-refractivity contribution is 6.00. The minimum Gasteiger partial charge on any atom is -0.478 e. The summed E-state index contributed by atoms with van der Waals surface area (Å²) in [6.45, 7) is 0. The second-order valence-corrected chi connectivity index (χ2v) is 6.11. The number of ketones is 1. The van der Waals surface area contributed by atoms with Gasteiger partial charge in [-0.25, -0.2) is 0 Å². The molecule has 1 atom stereocenters. The van der Waals surface area contributed by atoms with Crippen LogP contribution in [0.1, 0.15) is 22.0 Å². The van der Waals surface area contributed by atoms with E-state index in [0.29, 0.717) is 11.3 Å². The van der Waals surface area contributed by atoms with Crippen LogP contribution in [0.25, 0.3) is 0 Å². The topological polar surface area (TPSA) is 26.3 Å². The van der Waals surface area contributed by atoms with Gasteiger partial charge >= 0.3 is 0 Å². The monoisotopic (exact) mass is 366 g/mol. The van der Waals surface area contributed by atoms with E-state index in [1.807, 2.05) is 127 Å². The maximum atomic E-state index is 12.8. The first-order valence-corrected chi connectivity index (χ1v) is 9.20. The minimum atomic E-state index is -0.647. The van der Waals surface area contributed by atoms with Crippen molar-refractivity contribution in [2.24, 2.45) is 0 Å². The van der Waals surface area contributed by atoms with Crippen LogP contribution in [0.2, 0.25) is 0 Å². The number of Topliss-reactive ketones (excluding diaryl/α,β-unsaturated/α-hetero) is 1. The zero-order valence-electron chi connectivity index (χ0n) is 15.5. The first kappa shape index (κ1) is 19.1. The van der Waals surface area contributed by atoms with Crippen LogP contribution in [0.5, 0.6) is 5.75 Å². The second kappa shape index (κ2) is 10.5. The number of hydrogen-bond acceptors (Lipinski definition) is 2. The summed E-state index contributed by atoms with van der Waals surface area (Å²) in [5.74, 6) is 0.635. The molecule has 0 aliphatic heterocycles. The van der Waals surface area contributed by atoms with Crippen molar-refractivity contribution in [3.8, 4) is 5.75 Å². The summed E-state index contributed by atoms with van der Waals surface area (Å²) in [7, 11) is 0. The van der Waals surface area contributed by atoms with Crippen molar-refractivity contribution < 1.29 is 9.53 Å². The standard InChI is InChI=1S/C20H16O2.C6H6/c21-19(16-10-4-1-5-11-16)20(17-12-6-2-7-13-17)22-18-14-8-3-9-15-18;1-2-4-6-5-3-1/h1-15,20H;1-6H. The van der Waals surface area contributed by atoms with Gasteiger partial charge in [-0.1, -0.05) is 115 Å². The number of carbonyl (C=O) groups excluding carboxylic acids is 1. The molecule has 0 saturated carbocycles. The largest absolute Gasteiger partial charge is 0.478 e. The van der Waals surface area contributed by atoms with Crippen LogP contribution in [0.4, 0.5) is 0 Å². The van der Waals surface area contributed by atoms with E-state index in [9.17, 15) is 4.79 Å². The van der Waals surface area contributed by atoms with E-state index in [1.54, 1.807) is 0 Å². The first-order valence-electron chi connectivity index (χ1n) is 9.20. The van der Waals surface area contributed by atoms with Gasteiger partial charge in [0.2, 0.25) is 5.78 Å². The Labute approximate surface area is 166 Å². The number of ether oxygens (including phenoxy) is 1. The lowest BCUT2D eigenvalue weighted by atomic mass is 10.00. The molecule has 0 aromatic heterocycles. The zero-order chi connectivity index (χ0) is 19.4. The summed E-state index contributed by atoms with van der Waals surface area (Å²) < 4.78 is 5.97. The van der Waals surface area contributed by atoms with Crippen LogP contribution in [0, 0.1) is 0 Å². The number of benzene rings is 4. The Kier molecular flexibility index (Phi) is 7.16. The molecule has 4 aromatic rings. The van der Waals surface area contributed by atoms with Gasteiger partial charge < -0.3 is 4.74 Å². The maximum absolute atomic E-state index is 12.8. The zero-order valence-corrected chi connectivity index (χ0v) is 15.5. The fourth-order valence-corrected chi connectivity index (χ4v) is 2.67. The van der Waals surface area contributed by atoms with Crippen LogP contribution in [-0.2, 0) is 0 Å². The molecule has 28 heavy (non-hydrogen) atoms. The molecule has 0 amide bonds. The van der Waals surface area contributed by atoms with Gasteiger partial charge in [-0.2, -0.15) is 0 Å². The average Bonchev–Trinajstić information content (AvgIpc) is 2.80. The molecule has 0 N–H and O–H groups in total. The normalized spacial score (nSPS) is 10.9. The molecule has 0 spiro atoms. The number of carbonyl (C=O) groups is 1. The minimum absolute atomic E-state index is 0.0457. The van der Waals surface area contributed by atoms with Crippen molar-refractivity contribution in [1.82, 2.24) is 0 Å². The number of rotatable bonds is 5. The fraction of sp³-hybridized carbons (Fsp3) is 0.0385. The Morgan fingerprint density at radius 1 is 0.536 bits per heavy atom. The van der Waals surface area contributed by atoms with Gasteiger partial charge in [-0.3, -0.25) is 4.79 Å². The van der Waals surface area contributed by atoms with E-state index < -0.39 is 6.10 Å². The van der Waals surface area contributed by atoms with Gasteiger partial charge in [0.1, 0.15) is 5.75 Å². The third-order valence-corrected chi connectivity index (χ3v) is 4.06. The molecule has 2 nitrogen and oxygen atoms in total. The van der Waals surface area contributed by atoms with E-state index in [2.05, 4.69) is 0 Å². The summed E-state index contributed by atoms with van der Waals surface area (Å²) in [5.41, 5.74) is 1.49. The summed E-state index contributed by atoms with van der Waals surface area (Å²) in [6.07, 6.45) is -0.647. The Morgan fingerprint density at radius 3 is 1.43 bits per heavy atom. The highest BCUT2D eigenvalue weighted by atomic mass is 16.5. The van der Waals surface area contributed by atoms with Crippen LogP contribution in [0.3, 0.4) is 0 Å². The third kappa shape index (κ3) is 5.68. The summed E-state index contributed by atoms with van der Waals surface area (Å²) in [4.78, 5) is 12.8. The van der Waals surface area contributed by atoms with E-state index in [1.165, 1.54) is 0 Å². The van der Waals surface area contributed by atoms with Crippen LogP contribution in [0.15, 0.2) is 127 Å². The van der Waals surface area contributed by atoms with Gasteiger partial charge in [0.05, 0.1) is 0 Å². The molecule has 2 heteroatoms. The Hall–Kier alpha value is -3.65. The molecule has 0 heterocycles. The van der Waals surface area contributed by atoms with Crippen LogP contribution >= 0.6 is 0 Å². The van der Waals surface area contributed by atoms with Crippen molar-refractivity contribution in [1.29, 1.82) is 0 Å². The fourth-order valence-electron chi connectivity index (χ4n) is 2.67. The number of hydrogen-bond donors (Lipinski definition) is 0. The molecular weight excluding hydrogens is 344 g/mol. The van der Waals surface area contributed by atoms with E-state index in [0.717, 1.165) is 5.56 Å². The van der Waals surface area contributed by atoms with Crippen molar-refractivity contribution in [3.05, 3.63) is 139 Å². The first-order chi connectivity index (χ1) is 13.8. The SMILES string of the molecule is O=C(c1ccccc1)C(Oc1ccccc1)c1ccccc1.c1ccccc1. The molecule has 138 valence electrons. The van der Waals surface area contributed by atoms with E-state index in [4.69, 9.17) is 4.74 Å². The second-order valence-electron chi connectivity index (χ2n) is 6.11. The molecule has 0 bridgehead atoms. The van der Waals surface area contributed by atoms with Crippen molar-refractivity contribution >= 4 is 5.78 Å². The number of para-hydroxylation sites is 1. The average molecular weight is 366 g/mol. The predicted molar refractivity (Wildman–Crippen MR) is 113 cm³/mol. The Bertz CT molecular complexity index is 910. The Balaban J connectivity index is 0.000000320. The van der Waals surface area contributed by atoms with Gasteiger partial charge in [0.25, 0.3) is 0 Å². The molecule has 1 unspecified atom stereocenters. The van der Waals surface area contributed by atoms with Crippen molar-refractivity contribution in [2.75, 3.05) is 0 Å².